The lowest BCUT2D eigenvalue weighted by Gasteiger charge is -2.17. The van der Waals surface area contributed by atoms with Crippen molar-refractivity contribution in [1.29, 1.82) is 0 Å². The number of aromatic nitrogens is 1. The lowest BCUT2D eigenvalue weighted by atomic mass is 10.2. The number of nitrogens with two attached hydrogens (primary N) is 1. The molecule has 2 heterocycles. The van der Waals surface area contributed by atoms with Crippen LogP contribution in [0.2, 0.25) is 0 Å². The van der Waals surface area contributed by atoms with E-state index in [-0.39, 0.29) is 0 Å². The van der Waals surface area contributed by atoms with Crippen LogP contribution in [0, 0.1) is 0 Å². The van der Waals surface area contributed by atoms with Gasteiger partial charge in [-0.25, -0.2) is 4.98 Å². The number of thioether (sulfide) groups is 1. The van der Waals surface area contributed by atoms with Crippen molar-refractivity contribution < 1.29 is 0 Å². The first-order valence-electron chi connectivity index (χ1n) is 9.66. The van der Waals surface area contributed by atoms with Gasteiger partial charge in [-0.05, 0) is 29.7 Å². The van der Waals surface area contributed by atoms with Crippen molar-refractivity contribution >= 4 is 34.3 Å². The van der Waals surface area contributed by atoms with Crippen molar-refractivity contribution in [1.82, 2.24) is 9.88 Å². The molecule has 0 radical (unpaired) electrons. The fraction of sp³-hybridized carbons (Fsp3) is 0.261. The largest absolute Gasteiger partial charge is 0.375 e. The molecular weight excluding hydrogens is 382 g/mol. The highest BCUT2D eigenvalue weighted by Gasteiger charge is 2.16. The van der Waals surface area contributed by atoms with Crippen LogP contribution < -0.4 is 5.73 Å². The number of thiazole rings is 1. The van der Waals surface area contributed by atoms with E-state index in [1.54, 1.807) is 11.3 Å². The molecule has 2 aromatic carbocycles. The topological polar surface area (TPSA) is 42.1 Å². The molecule has 0 spiro atoms. The third-order valence-electron chi connectivity index (χ3n) is 4.90. The SMILES string of the molecule is Nc1nc2c(s1)CCN(CC=Cc1cccc(SCc3ccccc3)c1)CC2. The molecule has 5 heteroatoms. The number of nitrogens with zero attached hydrogens (tertiary/aromatic N) is 2. The van der Waals surface area contributed by atoms with Gasteiger partial charge in [-0.15, -0.1) is 23.1 Å². The minimum atomic E-state index is 0.711. The number of nitrogen functional groups attached to an aromatic ring is 1. The Hall–Kier alpha value is -2.08. The quantitative estimate of drug-likeness (QED) is 0.575. The molecule has 4 rings (SSSR count). The van der Waals surface area contributed by atoms with Gasteiger partial charge in [0.2, 0.25) is 0 Å². The first kappa shape index (κ1) is 19.2. The summed E-state index contributed by atoms with van der Waals surface area (Å²) in [4.78, 5) is 9.65. The maximum atomic E-state index is 5.84. The smallest absolute Gasteiger partial charge is 0.180 e. The van der Waals surface area contributed by atoms with Crippen molar-refractivity contribution in [3.8, 4) is 0 Å². The number of hydrogen-bond donors (Lipinski definition) is 1. The van der Waals surface area contributed by atoms with Gasteiger partial charge in [0.25, 0.3) is 0 Å². The third-order valence-corrected chi connectivity index (χ3v) is 6.95. The Morgan fingerprint density at radius 3 is 2.82 bits per heavy atom. The van der Waals surface area contributed by atoms with E-state index in [2.05, 4.69) is 76.6 Å². The van der Waals surface area contributed by atoms with Gasteiger partial charge >= 0.3 is 0 Å². The lowest BCUT2D eigenvalue weighted by Crippen LogP contribution is -2.26. The van der Waals surface area contributed by atoms with E-state index in [0.717, 1.165) is 38.2 Å². The molecule has 1 aromatic heterocycles. The van der Waals surface area contributed by atoms with E-state index >= 15 is 0 Å². The number of anilines is 1. The molecule has 0 amide bonds. The zero-order valence-electron chi connectivity index (χ0n) is 15.9. The van der Waals surface area contributed by atoms with Gasteiger partial charge in [-0.2, -0.15) is 0 Å². The molecule has 0 aliphatic carbocycles. The first-order chi connectivity index (χ1) is 13.8. The van der Waals surface area contributed by atoms with Crippen LogP contribution in [-0.2, 0) is 18.6 Å². The maximum Gasteiger partial charge on any atom is 0.180 e. The molecule has 2 N–H and O–H groups in total. The van der Waals surface area contributed by atoms with Gasteiger partial charge in [0, 0.05) is 41.6 Å². The van der Waals surface area contributed by atoms with Crippen LogP contribution in [0.5, 0.6) is 0 Å². The highest BCUT2D eigenvalue weighted by Crippen LogP contribution is 2.25. The van der Waals surface area contributed by atoms with E-state index in [1.165, 1.54) is 26.6 Å². The summed E-state index contributed by atoms with van der Waals surface area (Å²) in [6.07, 6.45) is 6.58. The van der Waals surface area contributed by atoms with Crippen LogP contribution in [0.4, 0.5) is 5.13 Å². The maximum absolute atomic E-state index is 5.84. The van der Waals surface area contributed by atoms with Gasteiger partial charge in [0.15, 0.2) is 5.13 Å². The summed E-state index contributed by atoms with van der Waals surface area (Å²) in [6, 6.07) is 19.4. The Kier molecular flexibility index (Phi) is 6.47. The summed E-state index contributed by atoms with van der Waals surface area (Å²) in [5, 5.41) is 0.711. The Bertz CT molecular complexity index is 909. The number of hydrogen-bond acceptors (Lipinski definition) is 5. The van der Waals surface area contributed by atoms with Gasteiger partial charge in [0.05, 0.1) is 5.69 Å². The fourth-order valence-electron chi connectivity index (χ4n) is 3.40. The van der Waals surface area contributed by atoms with Gasteiger partial charge < -0.3 is 5.73 Å². The van der Waals surface area contributed by atoms with E-state index in [4.69, 9.17) is 5.73 Å². The highest BCUT2D eigenvalue weighted by molar-refractivity contribution is 7.98. The normalized spacial score (nSPS) is 14.9. The summed E-state index contributed by atoms with van der Waals surface area (Å²) >= 11 is 3.54. The Morgan fingerprint density at radius 1 is 1.07 bits per heavy atom. The molecule has 0 atom stereocenters. The number of benzene rings is 2. The van der Waals surface area contributed by atoms with Crippen LogP contribution in [0.15, 0.2) is 65.6 Å². The molecule has 28 heavy (non-hydrogen) atoms. The highest BCUT2D eigenvalue weighted by atomic mass is 32.2. The zero-order chi connectivity index (χ0) is 19.2. The minimum Gasteiger partial charge on any atom is -0.375 e. The number of rotatable bonds is 6. The second kappa shape index (κ2) is 9.41. The van der Waals surface area contributed by atoms with Crippen molar-refractivity contribution in [3.63, 3.8) is 0 Å². The molecule has 0 saturated carbocycles. The Morgan fingerprint density at radius 2 is 1.93 bits per heavy atom. The molecule has 0 saturated heterocycles. The van der Waals surface area contributed by atoms with Crippen molar-refractivity contribution in [2.24, 2.45) is 0 Å². The molecule has 0 fully saturated rings. The lowest BCUT2D eigenvalue weighted by molar-refractivity contribution is 0.318. The monoisotopic (exact) mass is 407 g/mol. The Balaban J connectivity index is 1.29. The first-order valence-corrected chi connectivity index (χ1v) is 11.5. The van der Waals surface area contributed by atoms with E-state index < -0.39 is 0 Å². The second-order valence-corrected chi connectivity index (χ2v) is 9.14. The summed E-state index contributed by atoms with van der Waals surface area (Å²) < 4.78 is 0. The molecule has 1 aliphatic heterocycles. The third kappa shape index (κ3) is 5.25. The Labute approximate surface area is 175 Å². The van der Waals surface area contributed by atoms with Crippen LogP contribution in [0.3, 0.4) is 0 Å². The van der Waals surface area contributed by atoms with Crippen LogP contribution in [0.1, 0.15) is 21.7 Å². The minimum absolute atomic E-state index is 0.711. The number of fused-ring (bicyclic) bond motifs is 1. The van der Waals surface area contributed by atoms with E-state index in [9.17, 15) is 0 Å². The summed E-state index contributed by atoms with van der Waals surface area (Å²) in [5.41, 5.74) is 9.67. The van der Waals surface area contributed by atoms with Gasteiger partial charge in [0.1, 0.15) is 0 Å². The predicted molar refractivity (Wildman–Crippen MR) is 122 cm³/mol. The van der Waals surface area contributed by atoms with E-state index in [0.29, 0.717) is 5.13 Å². The van der Waals surface area contributed by atoms with Gasteiger partial charge in [-0.1, -0.05) is 54.6 Å². The second-order valence-electron chi connectivity index (χ2n) is 6.97. The summed E-state index contributed by atoms with van der Waals surface area (Å²) in [5.74, 6) is 1.00. The van der Waals surface area contributed by atoms with Crippen LogP contribution >= 0.6 is 23.1 Å². The average molecular weight is 408 g/mol. The molecular formula is C23H25N3S2. The van der Waals surface area contributed by atoms with Crippen molar-refractivity contribution in [2.75, 3.05) is 25.4 Å². The van der Waals surface area contributed by atoms with Crippen LogP contribution in [0.25, 0.3) is 6.08 Å². The van der Waals surface area contributed by atoms with Gasteiger partial charge in [-0.3, -0.25) is 4.90 Å². The molecule has 1 aliphatic rings. The average Bonchev–Trinajstić information content (AvgIpc) is 2.98. The molecule has 3 nitrogen and oxygen atoms in total. The van der Waals surface area contributed by atoms with Crippen LogP contribution in [-0.4, -0.2) is 29.5 Å². The molecule has 3 aromatic rings. The summed E-state index contributed by atoms with van der Waals surface area (Å²) in [6.45, 7) is 3.10. The zero-order valence-corrected chi connectivity index (χ0v) is 17.5. The van der Waals surface area contributed by atoms with E-state index in [1.807, 2.05) is 11.8 Å². The summed E-state index contributed by atoms with van der Waals surface area (Å²) in [7, 11) is 0. The standard InChI is InChI=1S/C23H25N3S2/c24-23-25-21-11-14-26(15-12-22(21)28-23)13-5-9-18-8-4-10-20(16-18)27-17-19-6-2-1-3-7-19/h1-10,16H,11-15,17H2,(H2,24,25). The van der Waals surface area contributed by atoms with Crippen molar-refractivity contribution in [3.05, 3.63) is 82.4 Å². The van der Waals surface area contributed by atoms with Crippen molar-refractivity contribution in [2.45, 2.75) is 23.5 Å². The predicted octanol–water partition coefficient (Wildman–Crippen LogP) is 5.13. The molecule has 144 valence electrons. The molecule has 0 bridgehead atoms. The fourth-order valence-corrected chi connectivity index (χ4v) is 5.19. The molecule has 0 unspecified atom stereocenters.